The highest BCUT2D eigenvalue weighted by molar-refractivity contribution is 5.85. The van der Waals surface area contributed by atoms with E-state index in [4.69, 9.17) is 5.11 Å². The van der Waals surface area contributed by atoms with E-state index in [9.17, 15) is 9.59 Å². The molecule has 0 aromatic heterocycles. The molecule has 5 fully saturated rings. The molecule has 25 heavy (non-hydrogen) atoms. The van der Waals surface area contributed by atoms with Gasteiger partial charge in [-0.15, -0.1) is 12.4 Å². The predicted molar refractivity (Wildman–Crippen MR) is 97.7 cm³/mol. The average molecular weight is 371 g/mol. The summed E-state index contributed by atoms with van der Waals surface area (Å²) >= 11 is 0. The fraction of sp³-hybridized carbons (Fsp3) is 0.895. The van der Waals surface area contributed by atoms with Gasteiger partial charge in [-0.05, 0) is 89.1 Å². The Morgan fingerprint density at radius 2 is 1.52 bits per heavy atom. The van der Waals surface area contributed by atoms with Crippen LogP contribution in [0.3, 0.4) is 0 Å². The number of nitrogens with zero attached hydrogens (tertiary/aromatic N) is 1. The first kappa shape index (κ1) is 19.0. The molecule has 142 valence electrons. The lowest BCUT2D eigenvalue weighted by Crippen LogP contribution is -2.62. The molecule has 4 bridgehead atoms. The van der Waals surface area contributed by atoms with Crippen molar-refractivity contribution in [2.45, 2.75) is 69.9 Å². The van der Waals surface area contributed by atoms with Crippen LogP contribution in [-0.4, -0.2) is 46.6 Å². The molecular formula is C19H31ClN2O3. The maximum absolute atomic E-state index is 12.9. The molecule has 5 rings (SSSR count). The van der Waals surface area contributed by atoms with Crippen molar-refractivity contribution in [1.82, 2.24) is 10.2 Å². The van der Waals surface area contributed by atoms with Gasteiger partial charge >= 0.3 is 5.97 Å². The second-order valence-electron chi connectivity index (χ2n) is 9.01. The highest BCUT2D eigenvalue weighted by Crippen LogP contribution is 2.55. The number of piperidine rings is 1. The second kappa shape index (κ2) is 7.07. The van der Waals surface area contributed by atoms with Crippen LogP contribution in [0.25, 0.3) is 0 Å². The Morgan fingerprint density at radius 3 is 1.96 bits per heavy atom. The summed E-state index contributed by atoms with van der Waals surface area (Å²) in [6.45, 7) is 3.41. The van der Waals surface area contributed by atoms with Gasteiger partial charge < -0.3 is 10.4 Å². The van der Waals surface area contributed by atoms with Crippen molar-refractivity contribution < 1.29 is 14.7 Å². The standard InChI is InChI=1S/C19H30N2O3.ClH/c1-12(21-4-2-16(3-5-21)18(23)24)17(22)20-19-9-13-6-14(10-19)8-15(7-13)11-19;/h12-16H,2-11H2,1H3,(H,20,22)(H,23,24);1H. The van der Waals surface area contributed by atoms with E-state index >= 15 is 0 Å². The Hall–Kier alpha value is -0.810. The number of amides is 1. The van der Waals surface area contributed by atoms with Crippen LogP contribution in [0, 0.1) is 23.7 Å². The highest BCUT2D eigenvalue weighted by Gasteiger charge is 2.51. The third-order valence-corrected chi connectivity index (χ3v) is 7.23. The number of hydrogen-bond donors (Lipinski definition) is 2. The normalized spacial score (nSPS) is 38.8. The van der Waals surface area contributed by atoms with Crippen LogP contribution in [0.15, 0.2) is 0 Å². The summed E-state index contributed by atoms with van der Waals surface area (Å²) in [5.41, 5.74) is 0.0689. The number of carboxylic acid groups (broad SMARTS) is 1. The topological polar surface area (TPSA) is 69.6 Å². The molecule has 1 saturated heterocycles. The van der Waals surface area contributed by atoms with E-state index < -0.39 is 5.97 Å². The van der Waals surface area contributed by atoms with Crippen molar-refractivity contribution in [2.75, 3.05) is 13.1 Å². The van der Waals surface area contributed by atoms with Gasteiger partial charge in [0.2, 0.25) is 5.91 Å². The van der Waals surface area contributed by atoms with Crippen LogP contribution in [0.5, 0.6) is 0 Å². The number of carbonyl (C=O) groups excluding carboxylic acids is 1. The first-order valence-electron chi connectivity index (χ1n) is 9.73. The van der Waals surface area contributed by atoms with E-state index in [0.29, 0.717) is 25.9 Å². The van der Waals surface area contributed by atoms with Crippen molar-refractivity contribution in [3.8, 4) is 0 Å². The molecule has 1 unspecified atom stereocenters. The maximum atomic E-state index is 12.9. The molecule has 6 heteroatoms. The number of aliphatic carboxylic acids is 1. The fourth-order valence-corrected chi connectivity index (χ4v) is 6.33. The summed E-state index contributed by atoms with van der Waals surface area (Å²) in [6, 6.07) is -0.146. The minimum absolute atomic E-state index is 0. The van der Waals surface area contributed by atoms with Crippen LogP contribution in [0.1, 0.15) is 58.3 Å². The SMILES string of the molecule is CC(C(=O)NC12CC3CC(CC(C3)C1)C2)N1CCC(C(=O)O)CC1.Cl. The van der Waals surface area contributed by atoms with E-state index in [0.717, 1.165) is 17.8 Å². The number of carbonyl (C=O) groups is 2. The number of nitrogens with one attached hydrogen (secondary N) is 1. The molecule has 5 aliphatic rings. The lowest BCUT2D eigenvalue weighted by Gasteiger charge is -2.57. The van der Waals surface area contributed by atoms with E-state index in [1.807, 2.05) is 6.92 Å². The number of hydrogen-bond acceptors (Lipinski definition) is 3. The first-order valence-corrected chi connectivity index (χ1v) is 9.73. The minimum Gasteiger partial charge on any atom is -0.481 e. The van der Waals surface area contributed by atoms with Gasteiger partial charge in [0.25, 0.3) is 0 Å². The van der Waals surface area contributed by atoms with Gasteiger partial charge in [0.15, 0.2) is 0 Å². The summed E-state index contributed by atoms with van der Waals surface area (Å²) in [6.07, 6.45) is 9.00. The summed E-state index contributed by atoms with van der Waals surface area (Å²) in [5.74, 6) is 1.72. The van der Waals surface area contributed by atoms with Gasteiger partial charge in [0.05, 0.1) is 12.0 Å². The molecule has 0 aromatic carbocycles. The predicted octanol–water partition coefficient (Wildman–Crippen LogP) is 2.68. The Kier molecular flexibility index (Phi) is 5.36. The molecular weight excluding hydrogens is 340 g/mol. The number of halogens is 1. The van der Waals surface area contributed by atoms with Crippen LogP contribution >= 0.6 is 12.4 Å². The summed E-state index contributed by atoms with van der Waals surface area (Å²) in [7, 11) is 0. The van der Waals surface area contributed by atoms with Gasteiger partial charge in [0, 0.05) is 5.54 Å². The molecule has 2 N–H and O–H groups in total. The lowest BCUT2D eigenvalue weighted by molar-refractivity contribution is -0.143. The Labute approximate surface area is 156 Å². The molecule has 0 spiro atoms. The van der Waals surface area contributed by atoms with E-state index in [-0.39, 0.29) is 35.8 Å². The minimum atomic E-state index is -0.694. The van der Waals surface area contributed by atoms with Crippen molar-refractivity contribution >= 4 is 24.3 Å². The Morgan fingerprint density at radius 1 is 1.04 bits per heavy atom. The zero-order chi connectivity index (χ0) is 16.9. The van der Waals surface area contributed by atoms with Crippen molar-refractivity contribution in [1.29, 1.82) is 0 Å². The van der Waals surface area contributed by atoms with Crippen molar-refractivity contribution in [2.24, 2.45) is 23.7 Å². The van der Waals surface area contributed by atoms with Crippen molar-refractivity contribution in [3.05, 3.63) is 0 Å². The van der Waals surface area contributed by atoms with Gasteiger partial charge in [-0.3, -0.25) is 14.5 Å². The largest absolute Gasteiger partial charge is 0.481 e. The molecule has 0 aromatic rings. The second-order valence-corrected chi connectivity index (χ2v) is 9.01. The summed E-state index contributed by atoms with van der Waals surface area (Å²) in [5, 5.41) is 12.6. The highest BCUT2D eigenvalue weighted by atomic mass is 35.5. The van der Waals surface area contributed by atoms with Gasteiger partial charge in [-0.25, -0.2) is 0 Å². The zero-order valence-corrected chi connectivity index (χ0v) is 15.9. The Balaban J connectivity index is 0.00000182. The average Bonchev–Trinajstić information content (AvgIpc) is 2.52. The van der Waals surface area contributed by atoms with Crippen LogP contribution in [0.2, 0.25) is 0 Å². The Bertz CT molecular complexity index is 495. The monoisotopic (exact) mass is 370 g/mol. The third kappa shape index (κ3) is 3.68. The molecule has 1 heterocycles. The smallest absolute Gasteiger partial charge is 0.306 e. The molecule has 1 amide bonds. The zero-order valence-electron chi connectivity index (χ0n) is 15.1. The van der Waals surface area contributed by atoms with E-state index in [2.05, 4.69) is 10.2 Å². The van der Waals surface area contributed by atoms with E-state index in [1.54, 1.807) is 0 Å². The van der Waals surface area contributed by atoms with Crippen LogP contribution in [0.4, 0.5) is 0 Å². The summed E-state index contributed by atoms with van der Waals surface area (Å²) in [4.78, 5) is 26.1. The third-order valence-electron chi connectivity index (χ3n) is 7.23. The number of likely N-dealkylation sites (tertiary alicyclic amines) is 1. The van der Waals surface area contributed by atoms with Crippen LogP contribution < -0.4 is 5.32 Å². The molecule has 1 aliphatic heterocycles. The molecule has 4 aliphatic carbocycles. The van der Waals surface area contributed by atoms with Crippen molar-refractivity contribution in [3.63, 3.8) is 0 Å². The molecule has 4 saturated carbocycles. The molecule has 0 radical (unpaired) electrons. The fourth-order valence-electron chi connectivity index (χ4n) is 6.33. The first-order chi connectivity index (χ1) is 11.4. The van der Waals surface area contributed by atoms with Crippen LogP contribution in [-0.2, 0) is 9.59 Å². The van der Waals surface area contributed by atoms with Gasteiger partial charge in [-0.1, -0.05) is 0 Å². The number of rotatable bonds is 4. The van der Waals surface area contributed by atoms with E-state index in [1.165, 1.54) is 38.5 Å². The quantitative estimate of drug-likeness (QED) is 0.798. The summed E-state index contributed by atoms with van der Waals surface area (Å²) < 4.78 is 0. The van der Waals surface area contributed by atoms with Gasteiger partial charge in [-0.2, -0.15) is 0 Å². The van der Waals surface area contributed by atoms with Gasteiger partial charge in [0.1, 0.15) is 0 Å². The lowest BCUT2D eigenvalue weighted by atomic mass is 9.53. The molecule has 1 atom stereocenters. The maximum Gasteiger partial charge on any atom is 0.306 e. The number of carboxylic acids is 1. The molecule has 5 nitrogen and oxygen atoms in total.